The molecule has 8 nitrogen and oxygen atoms in total. The predicted octanol–water partition coefficient (Wildman–Crippen LogP) is 4.74. The van der Waals surface area contributed by atoms with Gasteiger partial charge in [-0.1, -0.05) is 31.0 Å². The summed E-state index contributed by atoms with van der Waals surface area (Å²) in [6, 6.07) is 8.12. The standard InChI is InChI=1S/C25H30N4O4S/c1-31-21-13-17-10-11-28(15-18(17)14-22(21)32-2)23(30)16-34-25-27-26-24(20-9-6-12-33-20)29(25)19-7-4-3-5-8-19/h6,9,12-14,19H,3-5,7-8,10-11,15-16H2,1-2H3. The van der Waals surface area contributed by atoms with Crippen molar-refractivity contribution in [2.24, 2.45) is 0 Å². The average molecular weight is 483 g/mol. The minimum Gasteiger partial charge on any atom is -0.493 e. The summed E-state index contributed by atoms with van der Waals surface area (Å²) < 4.78 is 18.7. The lowest BCUT2D eigenvalue weighted by atomic mass is 9.95. The first-order chi connectivity index (χ1) is 16.7. The Hall–Kier alpha value is -2.94. The number of benzene rings is 1. The van der Waals surface area contributed by atoms with Gasteiger partial charge in [-0.2, -0.15) is 0 Å². The molecule has 5 rings (SSSR count). The number of hydrogen-bond donors (Lipinski definition) is 0. The summed E-state index contributed by atoms with van der Waals surface area (Å²) in [5.74, 6) is 3.31. The molecule has 1 saturated carbocycles. The SMILES string of the molecule is COc1cc2c(cc1OC)CN(C(=O)CSc1nnc(-c3ccco3)n1C1CCCCC1)CC2. The maximum absolute atomic E-state index is 13.2. The lowest BCUT2D eigenvalue weighted by Crippen LogP contribution is -2.37. The zero-order chi connectivity index (χ0) is 23.5. The third-order valence-corrected chi connectivity index (χ3v) is 7.67. The van der Waals surface area contributed by atoms with Crippen LogP contribution < -0.4 is 9.47 Å². The van der Waals surface area contributed by atoms with Crippen LogP contribution in [0.1, 0.15) is 49.3 Å². The summed E-state index contributed by atoms with van der Waals surface area (Å²) in [6.07, 6.45) is 8.32. The summed E-state index contributed by atoms with van der Waals surface area (Å²) in [5, 5.41) is 9.68. The number of ether oxygens (including phenoxy) is 2. The molecule has 1 aliphatic carbocycles. The van der Waals surface area contributed by atoms with Crippen molar-refractivity contribution >= 4 is 17.7 Å². The molecule has 2 aliphatic rings. The van der Waals surface area contributed by atoms with Crippen molar-refractivity contribution in [1.82, 2.24) is 19.7 Å². The minimum atomic E-state index is 0.100. The fourth-order valence-electron chi connectivity index (χ4n) is 4.93. The molecule has 3 heterocycles. The molecule has 0 saturated heterocycles. The van der Waals surface area contributed by atoms with Gasteiger partial charge in [0.05, 0.1) is 26.2 Å². The number of methoxy groups -OCH3 is 2. The monoisotopic (exact) mass is 482 g/mol. The van der Waals surface area contributed by atoms with Crippen molar-refractivity contribution in [3.05, 3.63) is 41.7 Å². The number of fused-ring (bicyclic) bond motifs is 1. The molecule has 0 unspecified atom stereocenters. The van der Waals surface area contributed by atoms with Crippen molar-refractivity contribution < 1.29 is 18.7 Å². The van der Waals surface area contributed by atoms with Crippen LogP contribution in [0.2, 0.25) is 0 Å². The zero-order valence-electron chi connectivity index (χ0n) is 19.7. The molecule has 1 amide bonds. The molecule has 0 spiro atoms. The van der Waals surface area contributed by atoms with Crippen LogP contribution in [0, 0.1) is 0 Å². The summed E-state index contributed by atoms with van der Waals surface area (Å²) in [5.41, 5.74) is 2.31. The van der Waals surface area contributed by atoms with Crippen molar-refractivity contribution in [2.75, 3.05) is 26.5 Å². The molecule has 0 atom stereocenters. The van der Waals surface area contributed by atoms with Gasteiger partial charge in [0.15, 0.2) is 22.4 Å². The van der Waals surface area contributed by atoms with E-state index in [1.54, 1.807) is 20.5 Å². The number of furan rings is 1. The van der Waals surface area contributed by atoms with Crippen LogP contribution >= 0.6 is 11.8 Å². The van der Waals surface area contributed by atoms with Gasteiger partial charge in [-0.3, -0.25) is 9.36 Å². The maximum Gasteiger partial charge on any atom is 0.233 e. The number of amides is 1. The second-order valence-electron chi connectivity index (χ2n) is 8.78. The Bertz CT molecular complexity index is 1140. The number of carbonyl (C=O) groups excluding carboxylic acids is 1. The number of hydrogen-bond acceptors (Lipinski definition) is 7. The molecule has 1 fully saturated rings. The highest BCUT2D eigenvalue weighted by atomic mass is 32.2. The van der Waals surface area contributed by atoms with Crippen LogP contribution in [0.3, 0.4) is 0 Å². The molecule has 1 aromatic carbocycles. The summed E-state index contributed by atoms with van der Waals surface area (Å²) >= 11 is 1.47. The fraction of sp³-hybridized carbons (Fsp3) is 0.480. The van der Waals surface area contributed by atoms with Gasteiger partial charge < -0.3 is 18.8 Å². The van der Waals surface area contributed by atoms with E-state index in [2.05, 4.69) is 14.8 Å². The molecule has 2 aromatic heterocycles. The Kier molecular flexibility index (Phi) is 6.80. The van der Waals surface area contributed by atoms with Crippen LogP contribution in [0.25, 0.3) is 11.6 Å². The first kappa shape index (κ1) is 22.8. The number of aromatic nitrogens is 3. The molecule has 0 radical (unpaired) electrons. The second-order valence-corrected chi connectivity index (χ2v) is 9.72. The Balaban J connectivity index is 1.30. The van der Waals surface area contributed by atoms with Gasteiger partial charge in [0.1, 0.15) is 0 Å². The lowest BCUT2D eigenvalue weighted by molar-refractivity contribution is -0.129. The number of nitrogens with zero attached hydrogens (tertiary/aromatic N) is 4. The largest absolute Gasteiger partial charge is 0.493 e. The van der Waals surface area contributed by atoms with E-state index < -0.39 is 0 Å². The third-order valence-electron chi connectivity index (χ3n) is 6.74. The minimum absolute atomic E-state index is 0.100. The van der Waals surface area contributed by atoms with E-state index in [9.17, 15) is 4.79 Å². The van der Waals surface area contributed by atoms with Gasteiger partial charge in [0.2, 0.25) is 11.7 Å². The van der Waals surface area contributed by atoms with Crippen molar-refractivity contribution in [3.8, 4) is 23.1 Å². The molecule has 9 heteroatoms. The topological polar surface area (TPSA) is 82.6 Å². The second kappa shape index (κ2) is 10.1. The van der Waals surface area contributed by atoms with E-state index >= 15 is 0 Å². The Morgan fingerprint density at radius 1 is 1.12 bits per heavy atom. The van der Waals surface area contributed by atoms with Gasteiger partial charge in [0, 0.05) is 19.1 Å². The highest BCUT2D eigenvalue weighted by Gasteiger charge is 2.27. The quantitative estimate of drug-likeness (QED) is 0.450. The highest BCUT2D eigenvalue weighted by Crippen LogP contribution is 2.36. The van der Waals surface area contributed by atoms with E-state index in [4.69, 9.17) is 13.9 Å². The van der Waals surface area contributed by atoms with Crippen LogP contribution in [0.15, 0.2) is 40.1 Å². The van der Waals surface area contributed by atoms with E-state index in [-0.39, 0.29) is 5.91 Å². The lowest BCUT2D eigenvalue weighted by Gasteiger charge is -2.30. The average Bonchev–Trinajstić information content (AvgIpc) is 3.56. The van der Waals surface area contributed by atoms with Crippen LogP contribution in [0.4, 0.5) is 0 Å². The summed E-state index contributed by atoms with van der Waals surface area (Å²) in [4.78, 5) is 15.1. The van der Waals surface area contributed by atoms with Crippen molar-refractivity contribution in [2.45, 2.75) is 56.3 Å². The first-order valence-corrected chi connectivity index (χ1v) is 12.8. The van der Waals surface area contributed by atoms with E-state index in [0.717, 1.165) is 41.6 Å². The number of rotatable bonds is 7. The van der Waals surface area contributed by atoms with Gasteiger partial charge >= 0.3 is 0 Å². The predicted molar refractivity (Wildman–Crippen MR) is 129 cm³/mol. The van der Waals surface area contributed by atoms with Crippen molar-refractivity contribution in [1.29, 1.82) is 0 Å². The Morgan fingerprint density at radius 2 is 1.88 bits per heavy atom. The van der Waals surface area contributed by atoms with Gasteiger partial charge in [-0.05, 0) is 54.7 Å². The molecule has 0 bridgehead atoms. The normalized spacial score (nSPS) is 16.4. The van der Waals surface area contributed by atoms with Gasteiger partial charge in [0.25, 0.3) is 0 Å². The van der Waals surface area contributed by atoms with E-state index in [1.807, 2.05) is 29.2 Å². The van der Waals surface area contributed by atoms with Crippen LogP contribution in [0.5, 0.6) is 11.5 Å². The zero-order valence-corrected chi connectivity index (χ0v) is 20.5. The molecule has 0 N–H and O–H groups in total. The molecule has 3 aromatic rings. The van der Waals surface area contributed by atoms with Gasteiger partial charge in [-0.25, -0.2) is 0 Å². The fourth-order valence-corrected chi connectivity index (χ4v) is 5.84. The van der Waals surface area contributed by atoms with E-state index in [1.165, 1.54) is 36.6 Å². The smallest absolute Gasteiger partial charge is 0.233 e. The molecule has 1 aliphatic heterocycles. The van der Waals surface area contributed by atoms with Crippen LogP contribution in [-0.2, 0) is 17.8 Å². The third kappa shape index (κ3) is 4.53. The number of thioether (sulfide) groups is 1. The first-order valence-electron chi connectivity index (χ1n) is 11.8. The Labute approximate surface area is 203 Å². The summed E-state index contributed by atoms with van der Waals surface area (Å²) in [6.45, 7) is 1.26. The summed E-state index contributed by atoms with van der Waals surface area (Å²) in [7, 11) is 3.27. The highest BCUT2D eigenvalue weighted by molar-refractivity contribution is 7.99. The van der Waals surface area contributed by atoms with Crippen LogP contribution in [-0.4, -0.2) is 52.1 Å². The maximum atomic E-state index is 13.2. The Morgan fingerprint density at radius 3 is 2.59 bits per heavy atom. The van der Waals surface area contributed by atoms with E-state index in [0.29, 0.717) is 36.4 Å². The molecular weight excluding hydrogens is 452 g/mol. The molecule has 180 valence electrons. The van der Waals surface area contributed by atoms with Crippen molar-refractivity contribution in [3.63, 3.8) is 0 Å². The molecule has 34 heavy (non-hydrogen) atoms. The molecular formula is C25H30N4O4S. The number of carbonyl (C=O) groups is 1. The van der Waals surface area contributed by atoms with Gasteiger partial charge in [-0.15, -0.1) is 10.2 Å².